The van der Waals surface area contributed by atoms with E-state index in [0.717, 1.165) is 12.3 Å². The Balaban J connectivity index is 2.89. The van der Waals surface area contributed by atoms with Crippen LogP contribution >= 0.6 is 0 Å². The fourth-order valence-electron chi connectivity index (χ4n) is 1.76. The van der Waals surface area contributed by atoms with Gasteiger partial charge in [-0.1, -0.05) is 32.9 Å². The van der Waals surface area contributed by atoms with Crippen LogP contribution in [-0.4, -0.2) is 25.4 Å². The lowest BCUT2D eigenvalue weighted by molar-refractivity contribution is 0.292. The van der Waals surface area contributed by atoms with Crippen molar-refractivity contribution < 1.29 is 9.84 Å². The normalized spacial score (nSPS) is 11.6. The average Bonchev–Trinajstić information content (AvgIpc) is 2.28. The Labute approximate surface area is 104 Å². The van der Waals surface area contributed by atoms with E-state index in [0.29, 0.717) is 6.54 Å². The Hall–Kier alpha value is -1.06. The van der Waals surface area contributed by atoms with Gasteiger partial charge in [-0.2, -0.15) is 0 Å². The van der Waals surface area contributed by atoms with E-state index in [-0.39, 0.29) is 12.0 Å². The van der Waals surface area contributed by atoms with Gasteiger partial charge in [-0.15, -0.1) is 0 Å². The van der Waals surface area contributed by atoms with Gasteiger partial charge in [-0.3, -0.25) is 0 Å². The zero-order valence-corrected chi connectivity index (χ0v) is 11.2. The minimum absolute atomic E-state index is 0.0678. The third-order valence-corrected chi connectivity index (χ3v) is 2.69. The van der Waals surface area contributed by atoms with E-state index < -0.39 is 0 Å². The molecular formula is C14H23NO2. The highest BCUT2D eigenvalue weighted by atomic mass is 16.5. The number of rotatable bonds is 5. The molecule has 0 radical (unpaired) electrons. The van der Waals surface area contributed by atoms with Gasteiger partial charge in [0.25, 0.3) is 0 Å². The summed E-state index contributed by atoms with van der Waals surface area (Å²) >= 11 is 0. The van der Waals surface area contributed by atoms with Gasteiger partial charge in [0.05, 0.1) is 13.7 Å². The molecule has 17 heavy (non-hydrogen) atoms. The first kappa shape index (κ1) is 14.0. The lowest BCUT2D eigenvalue weighted by atomic mass is 9.85. The molecule has 0 fully saturated rings. The lowest BCUT2D eigenvalue weighted by Gasteiger charge is -2.23. The monoisotopic (exact) mass is 237 g/mol. The summed E-state index contributed by atoms with van der Waals surface area (Å²) in [6.45, 7) is 8.09. The van der Waals surface area contributed by atoms with Gasteiger partial charge in [0, 0.05) is 13.1 Å². The molecule has 1 aromatic carbocycles. The molecule has 0 saturated carbocycles. The van der Waals surface area contributed by atoms with Crippen LogP contribution in [0, 0.1) is 0 Å². The number of nitrogens with one attached hydrogen (secondary N) is 1. The molecule has 3 heteroatoms. The molecule has 96 valence electrons. The molecule has 0 aliphatic heterocycles. The highest BCUT2D eigenvalue weighted by molar-refractivity contribution is 5.41. The summed E-state index contributed by atoms with van der Waals surface area (Å²) in [5, 5.41) is 11.9. The van der Waals surface area contributed by atoms with Crippen molar-refractivity contribution in [3.8, 4) is 5.75 Å². The summed E-state index contributed by atoms with van der Waals surface area (Å²) in [5.74, 6) is 0.934. The quantitative estimate of drug-likeness (QED) is 0.770. The van der Waals surface area contributed by atoms with Crippen LogP contribution in [0.2, 0.25) is 0 Å². The predicted octanol–water partition coefficient (Wildman–Crippen LogP) is 2.07. The largest absolute Gasteiger partial charge is 0.496 e. The predicted molar refractivity (Wildman–Crippen MR) is 70.5 cm³/mol. The zero-order valence-electron chi connectivity index (χ0n) is 11.2. The molecule has 3 nitrogen and oxygen atoms in total. The van der Waals surface area contributed by atoms with Crippen LogP contribution in [0.4, 0.5) is 0 Å². The van der Waals surface area contributed by atoms with Crippen molar-refractivity contribution in [3.05, 3.63) is 29.3 Å². The average molecular weight is 237 g/mol. The standard InChI is InChI=1S/C14H23NO2/c1-14(2,3)12-9-11(10-15-7-8-16)5-6-13(12)17-4/h5-6,9,15-16H,7-8,10H2,1-4H3. The maximum Gasteiger partial charge on any atom is 0.122 e. The number of aliphatic hydroxyl groups is 1. The van der Waals surface area contributed by atoms with Crippen LogP contribution in [0.15, 0.2) is 18.2 Å². The molecule has 0 bridgehead atoms. The number of aliphatic hydroxyl groups excluding tert-OH is 1. The van der Waals surface area contributed by atoms with Crippen molar-refractivity contribution in [2.24, 2.45) is 0 Å². The van der Waals surface area contributed by atoms with Crippen LogP contribution in [0.5, 0.6) is 5.75 Å². The minimum Gasteiger partial charge on any atom is -0.496 e. The van der Waals surface area contributed by atoms with E-state index in [1.807, 2.05) is 6.07 Å². The van der Waals surface area contributed by atoms with Gasteiger partial charge >= 0.3 is 0 Å². The summed E-state index contributed by atoms with van der Waals surface area (Å²) in [6.07, 6.45) is 0. The Kier molecular flexibility index (Phi) is 4.97. The Bertz CT molecular complexity index is 356. The van der Waals surface area contributed by atoms with Crippen molar-refractivity contribution in [1.82, 2.24) is 5.32 Å². The van der Waals surface area contributed by atoms with Crippen LogP contribution in [0.25, 0.3) is 0 Å². The summed E-state index contributed by atoms with van der Waals surface area (Å²) in [4.78, 5) is 0. The Morgan fingerprint density at radius 2 is 2.00 bits per heavy atom. The summed E-state index contributed by atoms with van der Waals surface area (Å²) < 4.78 is 5.39. The molecule has 2 N–H and O–H groups in total. The van der Waals surface area contributed by atoms with Gasteiger partial charge in [0.2, 0.25) is 0 Å². The smallest absolute Gasteiger partial charge is 0.122 e. The van der Waals surface area contributed by atoms with Crippen molar-refractivity contribution in [2.45, 2.75) is 32.7 Å². The second-order valence-corrected chi connectivity index (χ2v) is 5.19. The first-order valence-corrected chi connectivity index (χ1v) is 5.98. The van der Waals surface area contributed by atoms with Gasteiger partial charge in [0.1, 0.15) is 5.75 Å². The van der Waals surface area contributed by atoms with Crippen molar-refractivity contribution >= 4 is 0 Å². The molecule has 0 amide bonds. The van der Waals surface area contributed by atoms with E-state index in [2.05, 4.69) is 38.2 Å². The number of benzene rings is 1. The van der Waals surface area contributed by atoms with Gasteiger partial charge < -0.3 is 15.2 Å². The number of hydrogen-bond acceptors (Lipinski definition) is 3. The highest BCUT2D eigenvalue weighted by Crippen LogP contribution is 2.31. The second-order valence-electron chi connectivity index (χ2n) is 5.19. The van der Waals surface area contributed by atoms with Crippen LogP contribution in [-0.2, 0) is 12.0 Å². The molecule has 0 aliphatic carbocycles. The first-order valence-electron chi connectivity index (χ1n) is 5.98. The minimum atomic E-state index is 0.0678. The maximum atomic E-state index is 8.73. The fraction of sp³-hybridized carbons (Fsp3) is 0.571. The molecule has 0 saturated heterocycles. The molecule has 1 rings (SSSR count). The summed E-state index contributed by atoms with van der Waals surface area (Å²) in [5.41, 5.74) is 2.49. The third-order valence-electron chi connectivity index (χ3n) is 2.69. The van der Waals surface area contributed by atoms with Crippen LogP contribution in [0.3, 0.4) is 0 Å². The Morgan fingerprint density at radius 1 is 1.29 bits per heavy atom. The first-order chi connectivity index (χ1) is 7.99. The number of methoxy groups -OCH3 is 1. The van der Waals surface area contributed by atoms with Crippen molar-refractivity contribution in [3.63, 3.8) is 0 Å². The van der Waals surface area contributed by atoms with E-state index in [1.165, 1.54) is 11.1 Å². The maximum absolute atomic E-state index is 8.73. The van der Waals surface area contributed by atoms with E-state index in [9.17, 15) is 0 Å². The van der Waals surface area contributed by atoms with Crippen LogP contribution < -0.4 is 10.1 Å². The zero-order chi connectivity index (χ0) is 12.9. The van der Waals surface area contributed by atoms with Gasteiger partial charge in [-0.25, -0.2) is 0 Å². The van der Waals surface area contributed by atoms with Gasteiger partial charge in [0.15, 0.2) is 0 Å². The molecule has 0 spiro atoms. The second kappa shape index (κ2) is 6.03. The molecule has 0 heterocycles. The van der Waals surface area contributed by atoms with Crippen molar-refractivity contribution in [2.75, 3.05) is 20.3 Å². The molecule has 0 aromatic heterocycles. The van der Waals surface area contributed by atoms with Crippen LogP contribution in [0.1, 0.15) is 31.9 Å². The molecule has 0 unspecified atom stereocenters. The molecular weight excluding hydrogens is 214 g/mol. The number of hydrogen-bond donors (Lipinski definition) is 2. The highest BCUT2D eigenvalue weighted by Gasteiger charge is 2.18. The van der Waals surface area contributed by atoms with Crippen molar-refractivity contribution in [1.29, 1.82) is 0 Å². The SMILES string of the molecule is COc1ccc(CNCCO)cc1C(C)(C)C. The molecule has 0 atom stereocenters. The summed E-state index contributed by atoms with van der Waals surface area (Å²) in [7, 11) is 1.70. The fourth-order valence-corrected chi connectivity index (χ4v) is 1.76. The third kappa shape index (κ3) is 4.02. The molecule has 0 aliphatic rings. The van der Waals surface area contributed by atoms with E-state index in [4.69, 9.17) is 9.84 Å². The van der Waals surface area contributed by atoms with E-state index in [1.54, 1.807) is 7.11 Å². The summed E-state index contributed by atoms with van der Waals surface area (Å²) in [6, 6.07) is 6.23. The number of ether oxygens (including phenoxy) is 1. The topological polar surface area (TPSA) is 41.5 Å². The van der Waals surface area contributed by atoms with E-state index >= 15 is 0 Å². The lowest BCUT2D eigenvalue weighted by Crippen LogP contribution is -2.19. The van der Waals surface area contributed by atoms with Gasteiger partial charge in [-0.05, 0) is 22.6 Å². The molecule has 1 aromatic rings. The Morgan fingerprint density at radius 3 is 2.53 bits per heavy atom.